The molecule has 0 amide bonds. The van der Waals surface area contributed by atoms with Crippen LogP contribution in [0.5, 0.6) is 5.75 Å². The fraction of sp³-hybridized carbons (Fsp3) is 0.471. The molecule has 0 saturated heterocycles. The number of carboxylic acid groups (broad SMARTS) is 1. The summed E-state index contributed by atoms with van der Waals surface area (Å²) >= 11 is 0. The molecule has 6 heteroatoms. The number of carbonyl (C=O) groups excluding carboxylic acids is 2. The van der Waals surface area contributed by atoms with Crippen molar-refractivity contribution in [2.24, 2.45) is 5.41 Å². The molecule has 0 bridgehead atoms. The molecule has 0 fully saturated rings. The van der Waals surface area contributed by atoms with E-state index in [2.05, 4.69) is 0 Å². The molecule has 23 heavy (non-hydrogen) atoms. The lowest BCUT2D eigenvalue weighted by atomic mass is 9.84. The van der Waals surface area contributed by atoms with E-state index in [4.69, 9.17) is 14.6 Å². The fourth-order valence-corrected chi connectivity index (χ4v) is 2.05. The Morgan fingerprint density at radius 1 is 1.13 bits per heavy atom. The Morgan fingerprint density at radius 3 is 2.26 bits per heavy atom. The van der Waals surface area contributed by atoms with Crippen LogP contribution in [0.1, 0.15) is 52.2 Å². The van der Waals surface area contributed by atoms with Gasteiger partial charge >= 0.3 is 17.9 Å². The van der Waals surface area contributed by atoms with Gasteiger partial charge in [0.25, 0.3) is 0 Å². The van der Waals surface area contributed by atoms with Crippen LogP contribution in [0.4, 0.5) is 0 Å². The second-order valence-electron chi connectivity index (χ2n) is 6.26. The van der Waals surface area contributed by atoms with Crippen LogP contribution in [0.25, 0.3) is 0 Å². The van der Waals surface area contributed by atoms with Crippen molar-refractivity contribution in [1.29, 1.82) is 0 Å². The van der Waals surface area contributed by atoms with Gasteiger partial charge in [0.2, 0.25) is 0 Å². The zero-order valence-electron chi connectivity index (χ0n) is 13.8. The third-order valence-corrected chi connectivity index (χ3v) is 3.03. The summed E-state index contributed by atoms with van der Waals surface area (Å²) in [5.74, 6) is -1.81. The summed E-state index contributed by atoms with van der Waals surface area (Å²) in [6, 6.07) is 6.82. The second kappa shape index (κ2) is 7.76. The van der Waals surface area contributed by atoms with E-state index in [1.807, 2.05) is 20.8 Å². The zero-order chi connectivity index (χ0) is 17.6. The first-order valence-corrected chi connectivity index (χ1v) is 7.30. The summed E-state index contributed by atoms with van der Waals surface area (Å²) in [6.07, 6.45) is -1.17. The molecule has 0 aliphatic heterocycles. The van der Waals surface area contributed by atoms with E-state index in [0.29, 0.717) is 11.3 Å². The average molecular weight is 322 g/mol. The van der Waals surface area contributed by atoms with Crippen molar-refractivity contribution in [3.8, 4) is 5.75 Å². The maximum atomic E-state index is 11.9. The highest BCUT2D eigenvalue weighted by Gasteiger charge is 2.32. The normalized spacial score (nSPS) is 12.3. The fourth-order valence-electron chi connectivity index (χ4n) is 2.05. The van der Waals surface area contributed by atoms with Crippen LogP contribution in [0.3, 0.4) is 0 Å². The molecule has 1 atom stereocenters. The Labute approximate surface area is 135 Å². The number of carbonyl (C=O) groups is 3. The first-order chi connectivity index (χ1) is 10.6. The summed E-state index contributed by atoms with van der Waals surface area (Å²) < 4.78 is 10.7. The van der Waals surface area contributed by atoms with Crippen LogP contribution in [-0.4, -0.2) is 23.0 Å². The second-order valence-corrected chi connectivity index (χ2v) is 6.26. The molecule has 1 rings (SSSR count). The highest BCUT2D eigenvalue weighted by atomic mass is 16.6. The minimum absolute atomic E-state index is 0.211. The highest BCUT2D eigenvalue weighted by Crippen LogP contribution is 2.40. The van der Waals surface area contributed by atoms with Crippen LogP contribution in [0.2, 0.25) is 0 Å². The lowest BCUT2D eigenvalue weighted by Gasteiger charge is -2.31. The van der Waals surface area contributed by atoms with E-state index >= 15 is 0 Å². The molecule has 1 aromatic carbocycles. The number of rotatable bonds is 6. The number of aliphatic carboxylic acids is 1. The first-order valence-electron chi connectivity index (χ1n) is 7.30. The van der Waals surface area contributed by atoms with Crippen LogP contribution in [-0.2, 0) is 19.1 Å². The predicted octanol–water partition coefficient (Wildman–Crippen LogP) is 3.11. The summed E-state index contributed by atoms with van der Waals surface area (Å²) in [5, 5.41) is 8.65. The van der Waals surface area contributed by atoms with Crippen LogP contribution in [0, 0.1) is 5.41 Å². The summed E-state index contributed by atoms with van der Waals surface area (Å²) in [5.41, 5.74) is 0.105. The standard InChI is InChI=1S/C17H22O6/c1-11(18)22-13-8-6-5-7-12(13)16(17(2,3)4)23-15(21)10-9-14(19)20/h5-8,16H,9-10H2,1-4H3,(H,19,20). The maximum Gasteiger partial charge on any atom is 0.308 e. The van der Waals surface area contributed by atoms with Crippen molar-refractivity contribution in [2.75, 3.05) is 0 Å². The molecule has 0 saturated carbocycles. The van der Waals surface area contributed by atoms with Gasteiger partial charge in [-0.15, -0.1) is 0 Å². The highest BCUT2D eigenvalue weighted by molar-refractivity contribution is 5.77. The Balaban J connectivity index is 3.06. The molecule has 0 aliphatic rings. The lowest BCUT2D eigenvalue weighted by molar-refractivity contribution is -0.157. The molecule has 0 heterocycles. The number of esters is 2. The van der Waals surface area contributed by atoms with E-state index in [-0.39, 0.29) is 12.8 Å². The number of hydrogen-bond acceptors (Lipinski definition) is 5. The maximum absolute atomic E-state index is 11.9. The molecule has 1 N–H and O–H groups in total. The third kappa shape index (κ3) is 6.10. The molecule has 0 aromatic heterocycles. The monoisotopic (exact) mass is 322 g/mol. The Bertz CT molecular complexity index is 585. The minimum atomic E-state index is -1.06. The van der Waals surface area contributed by atoms with Crippen LogP contribution in [0.15, 0.2) is 24.3 Å². The molecule has 0 aliphatic carbocycles. The van der Waals surface area contributed by atoms with Gasteiger partial charge in [0.1, 0.15) is 11.9 Å². The van der Waals surface area contributed by atoms with Gasteiger partial charge in [-0.1, -0.05) is 39.0 Å². The number of benzene rings is 1. The molecular weight excluding hydrogens is 300 g/mol. The van der Waals surface area contributed by atoms with Gasteiger partial charge in [-0.3, -0.25) is 14.4 Å². The number of ether oxygens (including phenoxy) is 2. The molecule has 6 nitrogen and oxygen atoms in total. The summed E-state index contributed by atoms with van der Waals surface area (Å²) in [7, 11) is 0. The van der Waals surface area contributed by atoms with Gasteiger partial charge in [0.15, 0.2) is 0 Å². The van der Waals surface area contributed by atoms with Crippen LogP contribution >= 0.6 is 0 Å². The lowest BCUT2D eigenvalue weighted by Crippen LogP contribution is -2.25. The Hall–Kier alpha value is -2.37. The van der Waals surface area contributed by atoms with Crippen molar-refractivity contribution >= 4 is 17.9 Å². The van der Waals surface area contributed by atoms with Gasteiger partial charge in [0, 0.05) is 17.9 Å². The van der Waals surface area contributed by atoms with Gasteiger partial charge in [-0.05, 0) is 6.07 Å². The summed E-state index contributed by atoms with van der Waals surface area (Å²) in [4.78, 5) is 33.7. The van der Waals surface area contributed by atoms with E-state index in [9.17, 15) is 14.4 Å². The topological polar surface area (TPSA) is 89.9 Å². The first kappa shape index (κ1) is 18.7. The zero-order valence-corrected chi connectivity index (χ0v) is 13.8. The van der Waals surface area contributed by atoms with Gasteiger partial charge in [-0.25, -0.2) is 0 Å². The van der Waals surface area contributed by atoms with E-state index < -0.39 is 29.4 Å². The molecule has 1 unspecified atom stereocenters. The largest absolute Gasteiger partial charge is 0.481 e. The average Bonchev–Trinajstić information content (AvgIpc) is 2.41. The summed E-state index contributed by atoms with van der Waals surface area (Å²) in [6.45, 7) is 6.94. The molecule has 126 valence electrons. The van der Waals surface area contributed by atoms with Crippen molar-refractivity contribution in [3.63, 3.8) is 0 Å². The van der Waals surface area contributed by atoms with E-state index in [1.54, 1.807) is 24.3 Å². The van der Waals surface area contributed by atoms with Crippen molar-refractivity contribution < 1.29 is 29.0 Å². The number of carboxylic acids is 1. The number of hydrogen-bond donors (Lipinski definition) is 1. The van der Waals surface area contributed by atoms with Gasteiger partial charge < -0.3 is 14.6 Å². The SMILES string of the molecule is CC(=O)Oc1ccccc1C(OC(=O)CCC(=O)O)C(C)(C)C. The Kier molecular flexibility index (Phi) is 6.30. The van der Waals surface area contributed by atoms with Gasteiger partial charge in [-0.2, -0.15) is 0 Å². The van der Waals surface area contributed by atoms with Crippen molar-refractivity contribution in [3.05, 3.63) is 29.8 Å². The van der Waals surface area contributed by atoms with E-state index in [0.717, 1.165) is 0 Å². The Morgan fingerprint density at radius 2 is 1.74 bits per heavy atom. The smallest absolute Gasteiger partial charge is 0.308 e. The van der Waals surface area contributed by atoms with Crippen LogP contribution < -0.4 is 4.74 Å². The van der Waals surface area contributed by atoms with E-state index in [1.165, 1.54) is 6.92 Å². The number of para-hydroxylation sites is 1. The quantitative estimate of drug-likeness (QED) is 0.639. The van der Waals surface area contributed by atoms with Crippen molar-refractivity contribution in [2.45, 2.75) is 46.6 Å². The molecule has 0 radical (unpaired) electrons. The van der Waals surface area contributed by atoms with Gasteiger partial charge in [0.05, 0.1) is 12.8 Å². The molecule has 0 spiro atoms. The van der Waals surface area contributed by atoms with Crippen molar-refractivity contribution in [1.82, 2.24) is 0 Å². The third-order valence-electron chi connectivity index (χ3n) is 3.03. The minimum Gasteiger partial charge on any atom is -0.481 e. The molecule has 1 aromatic rings. The molecular formula is C17H22O6. The predicted molar refractivity (Wildman–Crippen MR) is 82.9 cm³/mol.